The number of carbonyl (C=O) groups excluding carboxylic acids is 1. The predicted molar refractivity (Wildman–Crippen MR) is 92.3 cm³/mol. The van der Waals surface area contributed by atoms with Gasteiger partial charge in [-0.05, 0) is 30.7 Å². The Kier molecular flexibility index (Phi) is 4.38. The van der Waals surface area contributed by atoms with Crippen LogP contribution >= 0.6 is 0 Å². The molecule has 132 valence electrons. The first kappa shape index (κ1) is 17.2. The Bertz CT molecular complexity index is 1040. The van der Waals surface area contributed by atoms with Crippen LogP contribution in [0.4, 0.5) is 0 Å². The van der Waals surface area contributed by atoms with E-state index in [9.17, 15) is 18.0 Å². The second kappa shape index (κ2) is 6.36. The summed E-state index contributed by atoms with van der Waals surface area (Å²) < 4.78 is 33.1. The van der Waals surface area contributed by atoms with Crippen molar-refractivity contribution in [3.63, 3.8) is 0 Å². The molecule has 3 rings (SSSR count). The molecule has 1 N–H and O–H groups in total. The molecular weight excluding hydrogens is 346 g/mol. The SMILES string of the molecule is COc1ccc2c(C)c(CC(=O)NC3C=CS(=O)(=O)C3)c(=O)oc2c1. The van der Waals surface area contributed by atoms with Crippen LogP contribution in [0.5, 0.6) is 5.75 Å². The number of nitrogens with one attached hydrogen (secondary N) is 1. The molecule has 0 saturated carbocycles. The quantitative estimate of drug-likeness (QED) is 0.816. The van der Waals surface area contributed by atoms with Crippen molar-refractivity contribution in [3.8, 4) is 5.75 Å². The van der Waals surface area contributed by atoms with Crippen molar-refractivity contribution in [1.29, 1.82) is 0 Å². The van der Waals surface area contributed by atoms with Crippen LogP contribution in [0.2, 0.25) is 0 Å². The number of ether oxygens (including phenoxy) is 1. The first-order chi connectivity index (χ1) is 11.8. The maximum Gasteiger partial charge on any atom is 0.340 e. The summed E-state index contributed by atoms with van der Waals surface area (Å²) >= 11 is 0. The number of hydrogen-bond acceptors (Lipinski definition) is 6. The zero-order chi connectivity index (χ0) is 18.2. The van der Waals surface area contributed by atoms with Gasteiger partial charge in [-0.15, -0.1) is 0 Å². The van der Waals surface area contributed by atoms with Crippen LogP contribution in [0.1, 0.15) is 11.1 Å². The molecule has 7 nitrogen and oxygen atoms in total. The largest absolute Gasteiger partial charge is 0.497 e. The van der Waals surface area contributed by atoms with Crippen molar-refractivity contribution < 1.29 is 22.4 Å². The fourth-order valence-corrected chi connectivity index (χ4v) is 4.03. The standard InChI is InChI=1S/C17H17NO6S/c1-10-13-4-3-12(23-2)7-15(13)24-17(20)14(10)8-16(19)18-11-5-6-25(21,22)9-11/h3-7,11H,8-9H2,1-2H3,(H,18,19). The molecule has 0 bridgehead atoms. The third kappa shape index (κ3) is 3.58. The minimum atomic E-state index is -3.25. The second-order valence-electron chi connectivity index (χ2n) is 5.86. The molecule has 1 aromatic heterocycles. The van der Waals surface area contributed by atoms with Gasteiger partial charge in [0.2, 0.25) is 5.91 Å². The summed E-state index contributed by atoms with van der Waals surface area (Å²) in [5, 5.41) is 4.40. The topological polar surface area (TPSA) is 103 Å². The molecule has 1 aromatic carbocycles. The fourth-order valence-electron chi connectivity index (χ4n) is 2.79. The number of rotatable bonds is 4. The minimum absolute atomic E-state index is 0.163. The summed E-state index contributed by atoms with van der Waals surface area (Å²) in [6, 6.07) is 4.55. The lowest BCUT2D eigenvalue weighted by Crippen LogP contribution is -2.37. The Labute approximate surface area is 144 Å². The first-order valence-electron chi connectivity index (χ1n) is 7.60. The van der Waals surface area contributed by atoms with E-state index < -0.39 is 27.4 Å². The maximum atomic E-state index is 12.2. The lowest BCUT2D eigenvalue weighted by molar-refractivity contribution is -0.120. The summed E-state index contributed by atoms with van der Waals surface area (Å²) in [6.45, 7) is 1.74. The number of fused-ring (bicyclic) bond motifs is 1. The fraction of sp³-hybridized carbons (Fsp3) is 0.294. The summed E-state index contributed by atoms with van der Waals surface area (Å²) in [7, 11) is -1.74. The van der Waals surface area contributed by atoms with E-state index in [1.165, 1.54) is 13.2 Å². The zero-order valence-corrected chi connectivity index (χ0v) is 14.6. The van der Waals surface area contributed by atoms with Gasteiger partial charge >= 0.3 is 5.63 Å². The molecule has 8 heteroatoms. The number of carbonyl (C=O) groups is 1. The van der Waals surface area contributed by atoms with E-state index in [1.807, 2.05) is 0 Å². The Morgan fingerprint density at radius 1 is 1.40 bits per heavy atom. The molecule has 0 aliphatic carbocycles. The Morgan fingerprint density at radius 2 is 2.16 bits per heavy atom. The number of amides is 1. The summed E-state index contributed by atoms with van der Waals surface area (Å²) in [6.07, 6.45) is 1.25. The molecular formula is C17H17NO6S. The third-order valence-corrected chi connectivity index (χ3v) is 5.50. The van der Waals surface area contributed by atoms with Gasteiger partial charge in [0.15, 0.2) is 9.84 Å². The van der Waals surface area contributed by atoms with E-state index in [2.05, 4.69) is 5.32 Å². The van der Waals surface area contributed by atoms with Gasteiger partial charge in [-0.1, -0.05) is 0 Å². The molecule has 1 amide bonds. The van der Waals surface area contributed by atoms with Crippen LogP contribution in [0, 0.1) is 6.92 Å². The van der Waals surface area contributed by atoms with Crippen LogP contribution in [0.15, 0.2) is 38.9 Å². The lowest BCUT2D eigenvalue weighted by Gasteiger charge is -2.11. The van der Waals surface area contributed by atoms with Crippen molar-refractivity contribution >= 4 is 26.7 Å². The monoisotopic (exact) mass is 363 g/mol. The van der Waals surface area contributed by atoms with Gasteiger partial charge in [0.25, 0.3) is 0 Å². The maximum absolute atomic E-state index is 12.2. The molecule has 0 fully saturated rings. The van der Waals surface area contributed by atoms with Gasteiger partial charge in [-0.2, -0.15) is 0 Å². The van der Waals surface area contributed by atoms with Crippen LogP contribution in [-0.2, 0) is 21.1 Å². The average Bonchev–Trinajstić information content (AvgIpc) is 2.89. The van der Waals surface area contributed by atoms with Crippen LogP contribution in [-0.4, -0.2) is 33.2 Å². The van der Waals surface area contributed by atoms with Crippen LogP contribution in [0.3, 0.4) is 0 Å². The Balaban J connectivity index is 1.85. The van der Waals surface area contributed by atoms with E-state index in [-0.39, 0.29) is 17.7 Å². The van der Waals surface area contributed by atoms with Crippen molar-refractivity contribution in [2.75, 3.05) is 12.9 Å². The number of sulfone groups is 1. The van der Waals surface area contributed by atoms with Crippen LogP contribution in [0.25, 0.3) is 11.0 Å². The molecule has 0 saturated heterocycles. The zero-order valence-electron chi connectivity index (χ0n) is 13.7. The summed E-state index contributed by atoms with van der Waals surface area (Å²) in [4.78, 5) is 24.4. The second-order valence-corrected chi connectivity index (χ2v) is 7.80. The number of methoxy groups -OCH3 is 1. The molecule has 25 heavy (non-hydrogen) atoms. The molecule has 2 aromatic rings. The minimum Gasteiger partial charge on any atom is -0.497 e. The smallest absolute Gasteiger partial charge is 0.340 e. The Hall–Kier alpha value is -2.61. The number of hydrogen-bond donors (Lipinski definition) is 1. The van der Waals surface area contributed by atoms with Gasteiger partial charge in [0, 0.05) is 16.9 Å². The molecule has 0 spiro atoms. The van der Waals surface area contributed by atoms with Crippen molar-refractivity contribution in [2.24, 2.45) is 0 Å². The van der Waals surface area contributed by atoms with E-state index in [4.69, 9.17) is 9.15 Å². The lowest BCUT2D eigenvalue weighted by atomic mass is 10.0. The molecule has 0 radical (unpaired) electrons. The van der Waals surface area contributed by atoms with Gasteiger partial charge in [0.05, 0.1) is 30.9 Å². The number of benzene rings is 1. The Morgan fingerprint density at radius 3 is 2.80 bits per heavy atom. The van der Waals surface area contributed by atoms with E-state index >= 15 is 0 Å². The van der Waals surface area contributed by atoms with E-state index in [0.29, 0.717) is 22.3 Å². The molecule has 1 atom stereocenters. The van der Waals surface area contributed by atoms with Gasteiger partial charge < -0.3 is 14.5 Å². The van der Waals surface area contributed by atoms with E-state index in [0.717, 1.165) is 5.41 Å². The first-order valence-corrected chi connectivity index (χ1v) is 9.31. The van der Waals surface area contributed by atoms with Crippen molar-refractivity contribution in [3.05, 3.63) is 51.2 Å². The molecule has 2 heterocycles. The summed E-state index contributed by atoms with van der Waals surface area (Å²) in [5.74, 6) is -0.0334. The predicted octanol–water partition coefficient (Wildman–Crippen LogP) is 1.08. The molecule has 1 unspecified atom stereocenters. The highest BCUT2D eigenvalue weighted by atomic mass is 32.2. The van der Waals surface area contributed by atoms with Gasteiger partial charge in [0.1, 0.15) is 11.3 Å². The highest BCUT2D eigenvalue weighted by Crippen LogP contribution is 2.24. The van der Waals surface area contributed by atoms with E-state index in [1.54, 1.807) is 25.1 Å². The normalized spacial score (nSPS) is 18.4. The number of aryl methyl sites for hydroxylation is 1. The summed E-state index contributed by atoms with van der Waals surface area (Å²) in [5.41, 5.74) is 0.692. The average molecular weight is 363 g/mol. The molecule has 1 aliphatic rings. The highest BCUT2D eigenvalue weighted by Gasteiger charge is 2.24. The third-order valence-electron chi connectivity index (χ3n) is 4.11. The molecule has 1 aliphatic heterocycles. The van der Waals surface area contributed by atoms with Gasteiger partial charge in [-0.25, -0.2) is 13.2 Å². The van der Waals surface area contributed by atoms with Crippen LogP contribution < -0.4 is 15.7 Å². The van der Waals surface area contributed by atoms with Gasteiger partial charge in [-0.3, -0.25) is 4.79 Å². The van der Waals surface area contributed by atoms with Crippen molar-refractivity contribution in [2.45, 2.75) is 19.4 Å². The van der Waals surface area contributed by atoms with Crippen molar-refractivity contribution in [1.82, 2.24) is 5.32 Å². The highest BCUT2D eigenvalue weighted by molar-refractivity contribution is 7.94.